The van der Waals surface area contributed by atoms with Crippen LogP contribution in [0.4, 0.5) is 0 Å². The number of rotatable bonds is 3. The molecule has 1 heterocycles. The van der Waals surface area contributed by atoms with Crippen molar-refractivity contribution in [3.8, 4) is 0 Å². The third kappa shape index (κ3) is 3.41. The van der Waals surface area contributed by atoms with E-state index in [-0.39, 0.29) is 17.3 Å². The molecule has 1 aliphatic heterocycles. The van der Waals surface area contributed by atoms with Gasteiger partial charge in [-0.15, -0.1) is 0 Å². The SMILES string of the molecule is CCOC(=O)C1(C)CCCN1C(=O)c1ccc(C(C)(C)C)cc1. The van der Waals surface area contributed by atoms with E-state index in [4.69, 9.17) is 4.74 Å². The van der Waals surface area contributed by atoms with Crippen LogP contribution in [0.1, 0.15) is 63.4 Å². The van der Waals surface area contributed by atoms with Crippen molar-refractivity contribution >= 4 is 11.9 Å². The van der Waals surface area contributed by atoms with Crippen molar-refractivity contribution in [2.75, 3.05) is 13.2 Å². The maximum atomic E-state index is 12.9. The van der Waals surface area contributed by atoms with E-state index in [0.717, 1.165) is 6.42 Å². The van der Waals surface area contributed by atoms with Gasteiger partial charge in [-0.25, -0.2) is 4.79 Å². The molecule has 1 unspecified atom stereocenters. The summed E-state index contributed by atoms with van der Waals surface area (Å²) >= 11 is 0. The summed E-state index contributed by atoms with van der Waals surface area (Å²) in [7, 11) is 0. The summed E-state index contributed by atoms with van der Waals surface area (Å²) in [4.78, 5) is 26.8. The van der Waals surface area contributed by atoms with Crippen LogP contribution in [-0.2, 0) is 14.9 Å². The molecule has 0 aliphatic carbocycles. The van der Waals surface area contributed by atoms with E-state index < -0.39 is 5.54 Å². The average Bonchev–Trinajstić information content (AvgIpc) is 2.89. The second-order valence-electron chi connectivity index (χ2n) is 7.38. The number of likely N-dealkylation sites (tertiary alicyclic amines) is 1. The number of benzene rings is 1. The number of amides is 1. The monoisotopic (exact) mass is 317 g/mol. The van der Waals surface area contributed by atoms with Crippen LogP contribution in [-0.4, -0.2) is 35.5 Å². The van der Waals surface area contributed by atoms with Crippen LogP contribution < -0.4 is 0 Å². The quantitative estimate of drug-likeness (QED) is 0.801. The van der Waals surface area contributed by atoms with Gasteiger partial charge < -0.3 is 9.64 Å². The molecule has 1 aliphatic rings. The summed E-state index contributed by atoms with van der Waals surface area (Å²) < 4.78 is 5.18. The van der Waals surface area contributed by atoms with Gasteiger partial charge in [0.1, 0.15) is 5.54 Å². The zero-order chi connectivity index (χ0) is 17.3. The Labute approximate surface area is 138 Å². The topological polar surface area (TPSA) is 46.6 Å². The number of hydrogen-bond acceptors (Lipinski definition) is 3. The molecular formula is C19H27NO3. The lowest BCUT2D eigenvalue weighted by atomic mass is 9.86. The van der Waals surface area contributed by atoms with Gasteiger partial charge >= 0.3 is 5.97 Å². The van der Waals surface area contributed by atoms with Crippen LogP contribution in [0.25, 0.3) is 0 Å². The van der Waals surface area contributed by atoms with Crippen LogP contribution in [0.15, 0.2) is 24.3 Å². The molecule has 1 fully saturated rings. The minimum atomic E-state index is -0.851. The zero-order valence-electron chi connectivity index (χ0n) is 14.8. The first kappa shape index (κ1) is 17.5. The largest absolute Gasteiger partial charge is 0.464 e. The lowest BCUT2D eigenvalue weighted by Gasteiger charge is -2.33. The molecule has 23 heavy (non-hydrogen) atoms. The lowest BCUT2D eigenvalue weighted by molar-refractivity contribution is -0.153. The summed E-state index contributed by atoms with van der Waals surface area (Å²) in [5, 5.41) is 0. The molecule has 0 N–H and O–H groups in total. The highest BCUT2D eigenvalue weighted by molar-refractivity contribution is 5.98. The van der Waals surface area contributed by atoms with Gasteiger partial charge in [0, 0.05) is 12.1 Å². The molecule has 0 bridgehead atoms. The van der Waals surface area contributed by atoms with Gasteiger partial charge in [0.25, 0.3) is 5.91 Å². The van der Waals surface area contributed by atoms with Crippen molar-refractivity contribution in [2.45, 2.75) is 58.4 Å². The molecule has 0 saturated carbocycles. The Hall–Kier alpha value is -1.84. The summed E-state index contributed by atoms with van der Waals surface area (Å²) in [5.41, 5.74) is 1.00. The maximum Gasteiger partial charge on any atom is 0.331 e. The highest BCUT2D eigenvalue weighted by Crippen LogP contribution is 2.32. The van der Waals surface area contributed by atoms with Gasteiger partial charge in [0.05, 0.1) is 6.61 Å². The Morgan fingerprint density at radius 1 is 1.22 bits per heavy atom. The van der Waals surface area contributed by atoms with E-state index >= 15 is 0 Å². The highest BCUT2D eigenvalue weighted by atomic mass is 16.5. The average molecular weight is 317 g/mol. The fourth-order valence-electron chi connectivity index (χ4n) is 3.06. The fourth-order valence-corrected chi connectivity index (χ4v) is 3.06. The molecule has 4 nitrogen and oxygen atoms in total. The molecular weight excluding hydrogens is 290 g/mol. The Kier molecular flexibility index (Phi) is 4.83. The van der Waals surface area contributed by atoms with E-state index in [1.54, 1.807) is 18.7 Å². The van der Waals surface area contributed by atoms with E-state index in [9.17, 15) is 9.59 Å². The molecule has 2 rings (SSSR count). The van der Waals surface area contributed by atoms with Gasteiger partial charge in [0.15, 0.2) is 0 Å². The standard InChI is InChI=1S/C19H27NO3/c1-6-23-17(22)19(5)12-7-13-20(19)16(21)14-8-10-15(11-9-14)18(2,3)4/h8-11H,6-7,12-13H2,1-5H3. The molecule has 4 heteroatoms. The third-order valence-corrected chi connectivity index (χ3v) is 4.60. The number of carbonyl (C=O) groups excluding carboxylic acids is 2. The van der Waals surface area contributed by atoms with Crippen molar-refractivity contribution in [3.05, 3.63) is 35.4 Å². The Morgan fingerprint density at radius 3 is 2.35 bits per heavy atom. The number of carbonyl (C=O) groups is 2. The molecule has 0 radical (unpaired) electrons. The second-order valence-corrected chi connectivity index (χ2v) is 7.38. The summed E-state index contributed by atoms with van der Waals surface area (Å²) in [6, 6.07) is 7.69. The van der Waals surface area contributed by atoms with Gasteiger partial charge in [-0.05, 0) is 49.8 Å². The molecule has 0 spiro atoms. The Balaban J connectivity index is 2.24. The number of ether oxygens (including phenoxy) is 1. The first-order valence-electron chi connectivity index (χ1n) is 8.30. The van der Waals surface area contributed by atoms with Gasteiger partial charge in [0.2, 0.25) is 0 Å². The summed E-state index contributed by atoms with van der Waals surface area (Å²) in [6.45, 7) is 10.9. The first-order valence-corrected chi connectivity index (χ1v) is 8.30. The third-order valence-electron chi connectivity index (χ3n) is 4.60. The van der Waals surface area contributed by atoms with E-state index in [1.807, 2.05) is 24.3 Å². The summed E-state index contributed by atoms with van der Waals surface area (Å²) in [5.74, 6) is -0.407. The first-order chi connectivity index (χ1) is 10.7. The minimum absolute atomic E-state index is 0.0503. The maximum absolute atomic E-state index is 12.9. The van der Waals surface area contributed by atoms with Crippen molar-refractivity contribution in [1.29, 1.82) is 0 Å². The van der Waals surface area contributed by atoms with Gasteiger partial charge in [-0.2, -0.15) is 0 Å². The molecule has 126 valence electrons. The van der Waals surface area contributed by atoms with Gasteiger partial charge in [-0.1, -0.05) is 32.9 Å². The van der Waals surface area contributed by atoms with Crippen LogP contribution in [0.5, 0.6) is 0 Å². The number of hydrogen-bond donors (Lipinski definition) is 0. The van der Waals surface area contributed by atoms with Crippen molar-refractivity contribution in [1.82, 2.24) is 4.90 Å². The van der Waals surface area contributed by atoms with E-state index in [2.05, 4.69) is 20.8 Å². The van der Waals surface area contributed by atoms with E-state index in [0.29, 0.717) is 25.1 Å². The van der Waals surface area contributed by atoms with Crippen molar-refractivity contribution < 1.29 is 14.3 Å². The smallest absolute Gasteiger partial charge is 0.331 e. The Morgan fingerprint density at radius 2 is 1.83 bits per heavy atom. The van der Waals surface area contributed by atoms with Crippen molar-refractivity contribution in [3.63, 3.8) is 0 Å². The normalized spacial score (nSPS) is 21.3. The lowest BCUT2D eigenvalue weighted by Crippen LogP contribution is -2.51. The molecule has 1 saturated heterocycles. The summed E-state index contributed by atoms with van der Waals surface area (Å²) in [6.07, 6.45) is 1.47. The van der Waals surface area contributed by atoms with Crippen molar-refractivity contribution in [2.24, 2.45) is 0 Å². The zero-order valence-corrected chi connectivity index (χ0v) is 14.8. The van der Waals surface area contributed by atoms with Crippen LogP contribution in [0.2, 0.25) is 0 Å². The molecule has 1 atom stereocenters. The van der Waals surface area contributed by atoms with Gasteiger partial charge in [-0.3, -0.25) is 4.79 Å². The second kappa shape index (κ2) is 6.34. The molecule has 1 aromatic rings. The molecule has 1 aromatic carbocycles. The fraction of sp³-hybridized carbons (Fsp3) is 0.579. The highest BCUT2D eigenvalue weighted by Gasteiger charge is 2.47. The Bertz CT molecular complexity index is 586. The molecule has 0 aromatic heterocycles. The number of esters is 1. The van der Waals surface area contributed by atoms with Crippen LogP contribution >= 0.6 is 0 Å². The van der Waals surface area contributed by atoms with Crippen LogP contribution in [0.3, 0.4) is 0 Å². The molecule has 1 amide bonds. The predicted molar refractivity (Wildman–Crippen MR) is 90.5 cm³/mol. The predicted octanol–water partition coefficient (Wildman–Crippen LogP) is 3.54. The van der Waals surface area contributed by atoms with Crippen LogP contribution in [0, 0.1) is 0 Å². The minimum Gasteiger partial charge on any atom is -0.464 e. The van der Waals surface area contributed by atoms with E-state index in [1.165, 1.54) is 5.56 Å². The number of nitrogens with zero attached hydrogens (tertiary/aromatic N) is 1.